The van der Waals surface area contributed by atoms with Crippen molar-refractivity contribution in [2.24, 2.45) is 0 Å². The molecule has 6 nitrogen and oxygen atoms in total. The van der Waals surface area contributed by atoms with Gasteiger partial charge in [0.05, 0.1) is 18.2 Å². The molecule has 1 amide bonds. The smallest absolute Gasteiger partial charge is 0.340 e. The van der Waals surface area contributed by atoms with Crippen LogP contribution in [0.3, 0.4) is 0 Å². The number of hydrogen-bond donors (Lipinski definition) is 1. The molecule has 3 heterocycles. The van der Waals surface area contributed by atoms with E-state index >= 15 is 0 Å². The van der Waals surface area contributed by atoms with Gasteiger partial charge in [-0.2, -0.15) is 0 Å². The summed E-state index contributed by atoms with van der Waals surface area (Å²) in [4.78, 5) is 29.1. The fourth-order valence-corrected chi connectivity index (χ4v) is 3.19. The Kier molecular flexibility index (Phi) is 4.03. The summed E-state index contributed by atoms with van der Waals surface area (Å²) >= 11 is 0. The molecule has 0 aliphatic carbocycles. The summed E-state index contributed by atoms with van der Waals surface area (Å²) < 4.78 is 10.9. The van der Waals surface area contributed by atoms with Crippen molar-refractivity contribution in [3.63, 3.8) is 0 Å². The number of pyridine rings is 1. The average Bonchev–Trinajstić information content (AvgIpc) is 2.99. The van der Waals surface area contributed by atoms with Crippen LogP contribution < -0.4 is 10.9 Å². The second-order valence-corrected chi connectivity index (χ2v) is 6.65. The second-order valence-electron chi connectivity index (χ2n) is 6.65. The first kappa shape index (κ1) is 17.0. The van der Waals surface area contributed by atoms with Crippen LogP contribution in [0.4, 0.5) is 5.82 Å². The molecule has 136 valence electrons. The van der Waals surface area contributed by atoms with Crippen LogP contribution in [0.25, 0.3) is 21.9 Å². The molecule has 6 heteroatoms. The van der Waals surface area contributed by atoms with Gasteiger partial charge in [-0.15, -0.1) is 0 Å². The quantitative estimate of drug-likeness (QED) is 0.556. The zero-order chi connectivity index (χ0) is 19.1. The number of fused-ring (bicyclic) bond motifs is 2. The summed E-state index contributed by atoms with van der Waals surface area (Å²) in [6, 6.07) is 7.31. The molecule has 27 heavy (non-hydrogen) atoms. The lowest BCUT2D eigenvalue weighted by Gasteiger charge is -2.09. The number of hydrogen-bond acceptors (Lipinski definition) is 5. The Morgan fingerprint density at radius 1 is 1.11 bits per heavy atom. The Morgan fingerprint density at radius 3 is 2.70 bits per heavy atom. The Hall–Kier alpha value is -3.41. The third-order valence-corrected chi connectivity index (χ3v) is 4.78. The molecule has 0 spiro atoms. The Balaban J connectivity index is 1.74. The molecule has 0 aliphatic rings. The fourth-order valence-electron chi connectivity index (χ4n) is 3.19. The van der Waals surface area contributed by atoms with Crippen molar-refractivity contribution >= 4 is 33.7 Å². The highest BCUT2D eigenvalue weighted by Crippen LogP contribution is 2.28. The van der Waals surface area contributed by atoms with Crippen LogP contribution in [0.2, 0.25) is 0 Å². The SMILES string of the molecule is Cc1cccnc1NC(=O)Cc1c(C)c2cc3c(C)coc3cc2oc1=O. The van der Waals surface area contributed by atoms with Crippen molar-refractivity contribution in [1.82, 2.24) is 4.98 Å². The maximum Gasteiger partial charge on any atom is 0.340 e. The van der Waals surface area contributed by atoms with Gasteiger partial charge < -0.3 is 14.2 Å². The van der Waals surface area contributed by atoms with Crippen LogP contribution in [0, 0.1) is 20.8 Å². The summed E-state index contributed by atoms with van der Waals surface area (Å²) in [7, 11) is 0. The summed E-state index contributed by atoms with van der Waals surface area (Å²) in [6.45, 7) is 5.64. The van der Waals surface area contributed by atoms with Gasteiger partial charge in [0.25, 0.3) is 0 Å². The molecule has 0 bridgehead atoms. The van der Waals surface area contributed by atoms with E-state index in [0.29, 0.717) is 22.5 Å². The molecule has 4 rings (SSSR count). The van der Waals surface area contributed by atoms with Crippen LogP contribution >= 0.6 is 0 Å². The fraction of sp³-hybridized carbons (Fsp3) is 0.190. The number of amides is 1. The number of nitrogens with zero attached hydrogens (tertiary/aromatic N) is 1. The van der Waals surface area contributed by atoms with E-state index in [9.17, 15) is 9.59 Å². The first-order valence-corrected chi connectivity index (χ1v) is 8.59. The van der Waals surface area contributed by atoms with Crippen molar-refractivity contribution in [3.8, 4) is 0 Å². The van der Waals surface area contributed by atoms with Crippen molar-refractivity contribution in [3.05, 3.63) is 69.4 Å². The highest BCUT2D eigenvalue weighted by molar-refractivity contribution is 5.97. The number of aromatic nitrogens is 1. The predicted molar refractivity (Wildman–Crippen MR) is 103 cm³/mol. The summed E-state index contributed by atoms with van der Waals surface area (Å²) in [5.41, 5.74) is 3.53. The van der Waals surface area contributed by atoms with E-state index in [1.165, 1.54) is 0 Å². The lowest BCUT2D eigenvalue weighted by Crippen LogP contribution is -2.21. The summed E-state index contributed by atoms with van der Waals surface area (Å²) in [5.74, 6) is 0.174. The monoisotopic (exact) mass is 362 g/mol. The van der Waals surface area contributed by atoms with Crippen LogP contribution in [0.5, 0.6) is 0 Å². The third-order valence-electron chi connectivity index (χ3n) is 4.78. The van der Waals surface area contributed by atoms with E-state index in [2.05, 4.69) is 10.3 Å². The number of anilines is 1. The highest BCUT2D eigenvalue weighted by Gasteiger charge is 2.17. The van der Waals surface area contributed by atoms with Crippen molar-refractivity contribution < 1.29 is 13.6 Å². The minimum absolute atomic E-state index is 0.0808. The van der Waals surface area contributed by atoms with E-state index < -0.39 is 5.63 Å². The predicted octanol–water partition coefficient (Wildman–Crippen LogP) is 4.04. The molecular weight excluding hydrogens is 344 g/mol. The molecule has 0 atom stereocenters. The average molecular weight is 362 g/mol. The second kappa shape index (κ2) is 6.39. The number of carbonyl (C=O) groups excluding carboxylic acids is 1. The maximum atomic E-state index is 12.5. The minimum Gasteiger partial charge on any atom is -0.464 e. The maximum absolute atomic E-state index is 12.5. The third kappa shape index (κ3) is 2.99. The first-order valence-electron chi connectivity index (χ1n) is 8.59. The number of benzene rings is 1. The summed E-state index contributed by atoms with van der Waals surface area (Å²) in [5, 5.41) is 4.50. The van der Waals surface area contributed by atoms with Crippen LogP contribution in [0.15, 0.2) is 50.4 Å². The molecule has 4 aromatic rings. The van der Waals surface area contributed by atoms with E-state index in [-0.39, 0.29) is 12.3 Å². The standard InChI is InChI=1S/C21H18N2O4/c1-11-5-4-6-22-20(11)23-19(24)8-16-13(3)15-7-14-12(2)10-26-17(14)9-18(15)27-21(16)25/h4-7,9-10H,8H2,1-3H3,(H,22,23,24). The zero-order valence-electron chi connectivity index (χ0n) is 15.3. The van der Waals surface area contributed by atoms with Crippen molar-refractivity contribution in [2.45, 2.75) is 27.2 Å². The van der Waals surface area contributed by atoms with Gasteiger partial charge in [0, 0.05) is 23.0 Å². The molecule has 0 unspecified atom stereocenters. The van der Waals surface area contributed by atoms with Gasteiger partial charge in [-0.05, 0) is 49.6 Å². The molecule has 1 N–H and O–H groups in total. The molecular formula is C21H18N2O4. The first-order chi connectivity index (χ1) is 12.9. The highest BCUT2D eigenvalue weighted by atomic mass is 16.4. The number of aryl methyl sites for hydroxylation is 3. The minimum atomic E-state index is -0.518. The van der Waals surface area contributed by atoms with Gasteiger partial charge in [0.15, 0.2) is 0 Å². The van der Waals surface area contributed by atoms with Crippen molar-refractivity contribution in [2.75, 3.05) is 5.32 Å². The normalized spacial score (nSPS) is 11.2. The molecule has 0 saturated heterocycles. The zero-order valence-corrected chi connectivity index (χ0v) is 15.3. The van der Waals surface area contributed by atoms with Crippen molar-refractivity contribution in [1.29, 1.82) is 0 Å². The molecule has 0 radical (unpaired) electrons. The van der Waals surface area contributed by atoms with Gasteiger partial charge in [0.1, 0.15) is 17.0 Å². The van der Waals surface area contributed by atoms with Gasteiger partial charge in [-0.1, -0.05) is 6.07 Å². The van der Waals surface area contributed by atoms with E-state index in [1.54, 1.807) is 24.6 Å². The van der Waals surface area contributed by atoms with Gasteiger partial charge in [-0.25, -0.2) is 9.78 Å². The molecule has 0 aliphatic heterocycles. The number of nitrogens with one attached hydrogen (secondary N) is 1. The van der Waals surface area contributed by atoms with E-state index in [4.69, 9.17) is 8.83 Å². The molecule has 1 aromatic carbocycles. The van der Waals surface area contributed by atoms with E-state index in [1.807, 2.05) is 32.9 Å². The Labute approximate surface area is 154 Å². The van der Waals surface area contributed by atoms with Gasteiger partial charge in [0.2, 0.25) is 5.91 Å². The largest absolute Gasteiger partial charge is 0.464 e. The van der Waals surface area contributed by atoms with Crippen LogP contribution in [0.1, 0.15) is 22.3 Å². The van der Waals surface area contributed by atoms with Gasteiger partial charge >= 0.3 is 5.63 Å². The topological polar surface area (TPSA) is 85.3 Å². The number of rotatable bonds is 3. The molecule has 3 aromatic heterocycles. The summed E-state index contributed by atoms with van der Waals surface area (Å²) in [6.07, 6.45) is 3.19. The lowest BCUT2D eigenvalue weighted by molar-refractivity contribution is -0.115. The number of carbonyl (C=O) groups is 1. The lowest BCUT2D eigenvalue weighted by atomic mass is 10.0. The Morgan fingerprint density at radius 2 is 1.93 bits per heavy atom. The van der Waals surface area contributed by atoms with Gasteiger partial charge in [-0.3, -0.25) is 4.79 Å². The molecule has 0 saturated carbocycles. The van der Waals surface area contributed by atoms with E-state index in [0.717, 1.165) is 27.5 Å². The van der Waals surface area contributed by atoms with Crippen LogP contribution in [-0.4, -0.2) is 10.9 Å². The molecule has 0 fully saturated rings. The van der Waals surface area contributed by atoms with Crippen LogP contribution in [-0.2, 0) is 11.2 Å². The Bertz CT molecular complexity index is 1250. The number of furan rings is 1.